The maximum Gasteiger partial charge on any atom is 0.248 e. The van der Waals surface area contributed by atoms with Crippen LogP contribution in [0.4, 0.5) is 5.69 Å². The number of amides is 1. The number of benzene rings is 2. The molecule has 2 aromatic carbocycles. The second-order valence-corrected chi connectivity index (χ2v) is 5.58. The van der Waals surface area contributed by atoms with Gasteiger partial charge < -0.3 is 14.8 Å². The normalized spacial score (nSPS) is 12.6. The van der Waals surface area contributed by atoms with Crippen molar-refractivity contribution in [1.82, 2.24) is 0 Å². The molecule has 0 saturated heterocycles. The molecule has 0 saturated carbocycles. The number of nitrogens with one attached hydrogen (secondary N) is 1. The zero-order valence-electron chi connectivity index (χ0n) is 11.0. The van der Waals surface area contributed by atoms with Gasteiger partial charge in [0, 0.05) is 9.65 Å². The Hall–Kier alpha value is -2.02. The lowest BCUT2D eigenvalue weighted by molar-refractivity contribution is -0.111. The van der Waals surface area contributed by atoms with Gasteiger partial charge in [-0.1, -0.05) is 18.2 Å². The molecule has 0 bridgehead atoms. The fourth-order valence-electron chi connectivity index (χ4n) is 1.93. The second-order valence-electron chi connectivity index (χ2n) is 4.42. The lowest BCUT2D eigenvalue weighted by atomic mass is 10.2. The lowest BCUT2D eigenvalue weighted by Gasteiger charge is -2.04. The molecule has 4 nitrogen and oxygen atoms in total. The molecule has 0 aromatic heterocycles. The Kier molecular flexibility index (Phi) is 4.10. The monoisotopic (exact) mass is 393 g/mol. The van der Waals surface area contributed by atoms with E-state index in [1.54, 1.807) is 6.08 Å². The summed E-state index contributed by atoms with van der Waals surface area (Å²) in [5.41, 5.74) is 1.69. The summed E-state index contributed by atoms with van der Waals surface area (Å²) in [4.78, 5) is 11.9. The van der Waals surface area contributed by atoms with Crippen LogP contribution in [0.1, 0.15) is 5.56 Å². The second kappa shape index (κ2) is 6.17. The minimum atomic E-state index is -0.170. The van der Waals surface area contributed by atoms with E-state index >= 15 is 0 Å². The van der Waals surface area contributed by atoms with E-state index in [0.29, 0.717) is 5.75 Å². The fourth-order valence-corrected chi connectivity index (χ4v) is 2.45. The molecule has 1 heterocycles. The quantitative estimate of drug-likeness (QED) is 0.640. The van der Waals surface area contributed by atoms with Gasteiger partial charge in [-0.25, -0.2) is 0 Å². The van der Waals surface area contributed by atoms with Crippen molar-refractivity contribution in [1.29, 1.82) is 0 Å². The minimum Gasteiger partial charge on any atom is -0.454 e. The number of halogens is 1. The molecule has 0 radical (unpaired) electrons. The van der Waals surface area contributed by atoms with Gasteiger partial charge in [-0.05, 0) is 58.5 Å². The Bertz CT molecular complexity index is 712. The first-order chi connectivity index (χ1) is 10.2. The number of anilines is 1. The summed E-state index contributed by atoms with van der Waals surface area (Å²) in [6.45, 7) is 0.245. The van der Waals surface area contributed by atoms with Gasteiger partial charge in [0.25, 0.3) is 0 Å². The van der Waals surface area contributed by atoms with Crippen molar-refractivity contribution in [3.05, 3.63) is 57.7 Å². The molecule has 0 unspecified atom stereocenters. The third-order valence-corrected chi connectivity index (χ3v) is 3.90. The van der Waals surface area contributed by atoms with Crippen molar-refractivity contribution in [2.45, 2.75) is 0 Å². The van der Waals surface area contributed by atoms with E-state index in [2.05, 4.69) is 27.9 Å². The van der Waals surface area contributed by atoms with Crippen LogP contribution in [-0.2, 0) is 4.79 Å². The molecule has 2 aromatic rings. The molecule has 0 aliphatic carbocycles. The highest BCUT2D eigenvalue weighted by molar-refractivity contribution is 14.1. The summed E-state index contributed by atoms with van der Waals surface area (Å²) in [7, 11) is 0. The first-order valence-electron chi connectivity index (χ1n) is 6.35. The summed E-state index contributed by atoms with van der Waals surface area (Å²) in [6, 6.07) is 13.2. The van der Waals surface area contributed by atoms with Gasteiger partial charge in [0.2, 0.25) is 12.7 Å². The van der Waals surface area contributed by atoms with Crippen LogP contribution in [0.2, 0.25) is 0 Å². The molecule has 106 valence electrons. The van der Waals surface area contributed by atoms with Gasteiger partial charge in [-0.2, -0.15) is 0 Å². The molecule has 3 rings (SSSR count). The average Bonchev–Trinajstić information content (AvgIpc) is 2.95. The van der Waals surface area contributed by atoms with Gasteiger partial charge >= 0.3 is 0 Å². The molecule has 5 heteroatoms. The first-order valence-corrected chi connectivity index (χ1v) is 7.43. The van der Waals surface area contributed by atoms with Crippen LogP contribution in [0, 0.1) is 3.57 Å². The molecular formula is C16H12INO3. The predicted octanol–water partition coefficient (Wildman–Crippen LogP) is 3.67. The van der Waals surface area contributed by atoms with E-state index in [4.69, 9.17) is 9.47 Å². The van der Waals surface area contributed by atoms with Gasteiger partial charge in [0.1, 0.15) is 0 Å². The number of fused-ring (bicyclic) bond motifs is 1. The van der Waals surface area contributed by atoms with Crippen LogP contribution in [0.25, 0.3) is 6.08 Å². The zero-order chi connectivity index (χ0) is 14.7. The van der Waals surface area contributed by atoms with Gasteiger partial charge in [-0.3, -0.25) is 4.79 Å². The Morgan fingerprint density at radius 2 is 1.95 bits per heavy atom. The summed E-state index contributed by atoms with van der Waals surface area (Å²) in [5, 5.41) is 2.84. The van der Waals surface area contributed by atoms with E-state index in [-0.39, 0.29) is 12.7 Å². The van der Waals surface area contributed by atoms with Crippen molar-refractivity contribution >= 4 is 40.3 Å². The van der Waals surface area contributed by atoms with Crippen molar-refractivity contribution in [3.63, 3.8) is 0 Å². The van der Waals surface area contributed by atoms with E-state index in [1.807, 2.05) is 42.5 Å². The SMILES string of the molecule is O=C(/C=C\c1ccc2c(c1)OCO2)Nc1ccccc1I. The molecule has 1 aliphatic heterocycles. The Balaban J connectivity index is 1.68. The highest BCUT2D eigenvalue weighted by Crippen LogP contribution is 2.32. The fraction of sp³-hybridized carbons (Fsp3) is 0.0625. The van der Waals surface area contributed by atoms with Crippen LogP contribution in [-0.4, -0.2) is 12.7 Å². The highest BCUT2D eigenvalue weighted by atomic mass is 127. The molecule has 0 fully saturated rings. The van der Waals surface area contributed by atoms with Crippen LogP contribution >= 0.6 is 22.6 Å². The van der Waals surface area contributed by atoms with Gasteiger partial charge in [0.05, 0.1) is 5.69 Å². The number of ether oxygens (including phenoxy) is 2. The lowest BCUT2D eigenvalue weighted by Crippen LogP contribution is -2.08. The summed E-state index contributed by atoms with van der Waals surface area (Å²) >= 11 is 2.18. The molecular weight excluding hydrogens is 381 g/mol. The van der Waals surface area contributed by atoms with Crippen molar-refractivity contribution in [3.8, 4) is 11.5 Å². The van der Waals surface area contributed by atoms with Gasteiger partial charge in [-0.15, -0.1) is 0 Å². The molecule has 0 atom stereocenters. The maximum atomic E-state index is 11.9. The van der Waals surface area contributed by atoms with Crippen LogP contribution in [0.3, 0.4) is 0 Å². The third-order valence-electron chi connectivity index (χ3n) is 2.96. The van der Waals surface area contributed by atoms with E-state index < -0.39 is 0 Å². The molecule has 1 N–H and O–H groups in total. The molecule has 1 aliphatic rings. The van der Waals surface area contributed by atoms with Crippen molar-refractivity contribution in [2.75, 3.05) is 12.1 Å². The Morgan fingerprint density at radius 1 is 1.14 bits per heavy atom. The van der Waals surface area contributed by atoms with Crippen molar-refractivity contribution < 1.29 is 14.3 Å². The molecule has 21 heavy (non-hydrogen) atoms. The summed E-state index contributed by atoms with van der Waals surface area (Å²) in [6.07, 6.45) is 3.24. The van der Waals surface area contributed by atoms with Crippen LogP contribution in [0.5, 0.6) is 11.5 Å². The number of hydrogen-bond donors (Lipinski definition) is 1. The van der Waals surface area contributed by atoms with Crippen LogP contribution < -0.4 is 14.8 Å². The highest BCUT2D eigenvalue weighted by Gasteiger charge is 2.12. The van der Waals surface area contributed by atoms with Crippen LogP contribution in [0.15, 0.2) is 48.5 Å². The number of para-hydroxylation sites is 1. The largest absolute Gasteiger partial charge is 0.454 e. The summed E-state index contributed by atoms with van der Waals surface area (Å²) < 4.78 is 11.5. The van der Waals surface area contributed by atoms with Gasteiger partial charge in [0.15, 0.2) is 11.5 Å². The number of carbonyl (C=O) groups is 1. The summed E-state index contributed by atoms with van der Waals surface area (Å²) in [5.74, 6) is 1.27. The minimum absolute atomic E-state index is 0.170. The van der Waals surface area contributed by atoms with E-state index in [1.165, 1.54) is 6.08 Å². The third kappa shape index (κ3) is 3.36. The Morgan fingerprint density at radius 3 is 2.81 bits per heavy atom. The Labute approximate surface area is 135 Å². The number of rotatable bonds is 3. The standard InChI is InChI=1S/C16H12INO3/c17-12-3-1-2-4-13(12)18-16(19)8-6-11-5-7-14-15(9-11)21-10-20-14/h1-9H,10H2,(H,18,19)/b8-6-. The smallest absolute Gasteiger partial charge is 0.248 e. The molecule has 1 amide bonds. The van der Waals surface area contributed by atoms with E-state index in [9.17, 15) is 4.79 Å². The van der Waals surface area contributed by atoms with E-state index in [0.717, 1.165) is 20.6 Å². The number of hydrogen-bond acceptors (Lipinski definition) is 3. The zero-order valence-corrected chi connectivity index (χ0v) is 13.2. The maximum absolute atomic E-state index is 11.9. The topological polar surface area (TPSA) is 47.6 Å². The number of carbonyl (C=O) groups excluding carboxylic acids is 1. The average molecular weight is 393 g/mol. The first kappa shape index (κ1) is 13.9. The molecule has 0 spiro atoms. The van der Waals surface area contributed by atoms with Crippen molar-refractivity contribution in [2.24, 2.45) is 0 Å². The predicted molar refractivity (Wildman–Crippen MR) is 89.4 cm³/mol.